The van der Waals surface area contributed by atoms with Gasteiger partial charge in [-0.05, 0) is 24.5 Å². The Kier molecular flexibility index (Phi) is 4.29. The number of hydrogen-bond acceptors (Lipinski definition) is 4. The van der Waals surface area contributed by atoms with Crippen molar-refractivity contribution in [3.8, 4) is 0 Å². The minimum Gasteiger partial charge on any atom is -0.351 e. The first-order valence-electron chi connectivity index (χ1n) is 7.04. The summed E-state index contributed by atoms with van der Waals surface area (Å²) in [6, 6.07) is 9.58. The van der Waals surface area contributed by atoms with Crippen LogP contribution >= 0.6 is 11.3 Å². The molecule has 0 radical (unpaired) electrons. The van der Waals surface area contributed by atoms with Crippen molar-refractivity contribution in [1.29, 1.82) is 0 Å². The van der Waals surface area contributed by atoms with Crippen molar-refractivity contribution in [1.82, 2.24) is 10.3 Å². The van der Waals surface area contributed by atoms with Gasteiger partial charge >= 0.3 is 0 Å². The monoisotopic (exact) mass is 313 g/mol. The van der Waals surface area contributed by atoms with Gasteiger partial charge in [0.2, 0.25) is 5.91 Å². The third-order valence-corrected chi connectivity index (χ3v) is 4.25. The summed E-state index contributed by atoms with van der Waals surface area (Å²) in [6.07, 6.45) is 4.81. The van der Waals surface area contributed by atoms with Crippen LogP contribution in [0.2, 0.25) is 0 Å². The summed E-state index contributed by atoms with van der Waals surface area (Å²) in [5, 5.41) is 5.99. The Balaban J connectivity index is 1.68. The highest BCUT2D eigenvalue weighted by Crippen LogP contribution is 2.25. The van der Waals surface area contributed by atoms with E-state index in [1.54, 1.807) is 6.08 Å². The molecule has 1 aromatic carbocycles. The summed E-state index contributed by atoms with van der Waals surface area (Å²) < 4.78 is 0. The Morgan fingerprint density at radius 2 is 2.14 bits per heavy atom. The molecule has 2 N–H and O–H groups in total. The lowest BCUT2D eigenvalue weighted by Crippen LogP contribution is -2.21. The topological polar surface area (TPSA) is 71.1 Å². The molecule has 0 fully saturated rings. The van der Waals surface area contributed by atoms with E-state index < -0.39 is 0 Å². The Hall–Kier alpha value is -2.47. The van der Waals surface area contributed by atoms with Crippen molar-refractivity contribution in [3.05, 3.63) is 52.5 Å². The molecule has 6 heteroatoms. The average Bonchev–Trinajstić information content (AvgIpc) is 2.85. The van der Waals surface area contributed by atoms with Crippen LogP contribution in [-0.2, 0) is 11.2 Å². The predicted octanol–water partition coefficient (Wildman–Crippen LogP) is 2.47. The van der Waals surface area contributed by atoms with Crippen molar-refractivity contribution in [2.45, 2.75) is 12.8 Å². The van der Waals surface area contributed by atoms with Crippen molar-refractivity contribution in [3.63, 3.8) is 0 Å². The van der Waals surface area contributed by atoms with Crippen LogP contribution in [0.4, 0.5) is 5.13 Å². The van der Waals surface area contributed by atoms with Crippen LogP contribution in [0.25, 0.3) is 6.08 Å². The van der Waals surface area contributed by atoms with Gasteiger partial charge in [-0.2, -0.15) is 0 Å². The number of thiazole rings is 1. The minimum atomic E-state index is -0.256. The van der Waals surface area contributed by atoms with Gasteiger partial charge in [-0.15, -0.1) is 0 Å². The van der Waals surface area contributed by atoms with Crippen LogP contribution in [0.5, 0.6) is 0 Å². The van der Waals surface area contributed by atoms with Crippen LogP contribution < -0.4 is 10.6 Å². The summed E-state index contributed by atoms with van der Waals surface area (Å²) >= 11 is 1.22. The molecule has 2 amide bonds. The summed E-state index contributed by atoms with van der Waals surface area (Å²) in [7, 11) is 0. The standard InChI is InChI=1S/C16H15N3O2S/c20-13(9-8-11-5-2-1-3-6-11)19-16-18-12-7-4-10-17-15(21)14(12)22-16/h1-3,5-6,8-9H,4,7,10H2,(H,17,21)(H,18,19,20)/b9-8+. The van der Waals surface area contributed by atoms with Crippen LogP contribution in [0.1, 0.15) is 27.3 Å². The third-order valence-electron chi connectivity index (χ3n) is 3.24. The fraction of sp³-hybridized carbons (Fsp3) is 0.188. The fourth-order valence-electron chi connectivity index (χ4n) is 2.17. The lowest BCUT2D eigenvalue weighted by atomic mass is 10.2. The highest BCUT2D eigenvalue weighted by Gasteiger charge is 2.20. The van der Waals surface area contributed by atoms with Gasteiger partial charge in [0.25, 0.3) is 5.91 Å². The van der Waals surface area contributed by atoms with Crippen molar-refractivity contribution in [2.24, 2.45) is 0 Å². The maximum atomic E-state index is 11.9. The maximum absolute atomic E-state index is 11.9. The van der Waals surface area contributed by atoms with E-state index in [0.29, 0.717) is 16.6 Å². The Morgan fingerprint density at radius 3 is 2.95 bits per heavy atom. The summed E-state index contributed by atoms with van der Waals surface area (Å²) in [5.41, 5.74) is 1.72. The zero-order valence-electron chi connectivity index (χ0n) is 11.8. The molecule has 0 saturated carbocycles. The van der Waals surface area contributed by atoms with Crippen LogP contribution in [0.3, 0.4) is 0 Å². The van der Waals surface area contributed by atoms with Gasteiger partial charge in [0.1, 0.15) is 4.88 Å². The van der Waals surface area contributed by atoms with Crippen molar-refractivity contribution >= 4 is 34.4 Å². The number of carbonyl (C=O) groups is 2. The molecule has 2 heterocycles. The van der Waals surface area contributed by atoms with E-state index in [2.05, 4.69) is 15.6 Å². The van der Waals surface area contributed by atoms with Gasteiger partial charge < -0.3 is 5.32 Å². The smallest absolute Gasteiger partial charge is 0.263 e. The largest absolute Gasteiger partial charge is 0.351 e. The Morgan fingerprint density at radius 1 is 1.32 bits per heavy atom. The molecule has 0 saturated heterocycles. The second kappa shape index (κ2) is 6.53. The third kappa shape index (κ3) is 3.40. The van der Waals surface area contributed by atoms with Gasteiger partial charge in [-0.3, -0.25) is 14.9 Å². The van der Waals surface area contributed by atoms with Gasteiger partial charge in [-0.1, -0.05) is 41.7 Å². The van der Waals surface area contributed by atoms with E-state index >= 15 is 0 Å². The number of aryl methyl sites for hydroxylation is 1. The first kappa shape index (κ1) is 14.5. The first-order valence-corrected chi connectivity index (χ1v) is 7.86. The van der Waals surface area contributed by atoms with Gasteiger partial charge in [0, 0.05) is 12.6 Å². The number of anilines is 1. The number of carbonyl (C=O) groups excluding carboxylic acids is 2. The van der Waals surface area contributed by atoms with Crippen LogP contribution in [0, 0.1) is 0 Å². The van der Waals surface area contributed by atoms with Crippen LogP contribution in [-0.4, -0.2) is 23.3 Å². The molecule has 0 unspecified atom stereocenters. The molecule has 1 aliphatic rings. The SMILES string of the molecule is O=C(/C=C/c1ccccc1)Nc1nc2c(s1)C(=O)NCCC2. The number of aromatic nitrogens is 1. The quantitative estimate of drug-likeness (QED) is 0.855. The number of nitrogens with one attached hydrogen (secondary N) is 2. The molecular formula is C16H15N3O2S. The van der Waals surface area contributed by atoms with E-state index in [-0.39, 0.29) is 11.8 Å². The number of rotatable bonds is 3. The zero-order valence-corrected chi connectivity index (χ0v) is 12.7. The number of nitrogens with zero attached hydrogens (tertiary/aromatic N) is 1. The average molecular weight is 313 g/mol. The van der Waals surface area contributed by atoms with Gasteiger partial charge in [0.05, 0.1) is 5.69 Å². The molecular weight excluding hydrogens is 298 g/mol. The van der Waals surface area contributed by atoms with E-state index in [1.165, 1.54) is 17.4 Å². The molecule has 2 aromatic rings. The van der Waals surface area contributed by atoms with Crippen molar-refractivity contribution in [2.75, 3.05) is 11.9 Å². The molecule has 0 spiro atoms. The number of amides is 2. The molecule has 112 valence electrons. The molecule has 0 aliphatic carbocycles. The molecule has 0 atom stereocenters. The molecule has 22 heavy (non-hydrogen) atoms. The molecule has 0 bridgehead atoms. The van der Waals surface area contributed by atoms with Crippen LogP contribution in [0.15, 0.2) is 36.4 Å². The lowest BCUT2D eigenvalue weighted by molar-refractivity contribution is -0.111. The minimum absolute atomic E-state index is 0.106. The van der Waals surface area contributed by atoms with Crippen molar-refractivity contribution < 1.29 is 9.59 Å². The number of fused-ring (bicyclic) bond motifs is 1. The summed E-state index contributed by atoms with van der Waals surface area (Å²) in [5.74, 6) is -0.363. The fourth-order valence-corrected chi connectivity index (χ4v) is 3.10. The highest BCUT2D eigenvalue weighted by atomic mass is 32.1. The zero-order chi connectivity index (χ0) is 15.4. The van der Waals surface area contributed by atoms with Gasteiger partial charge in [0.15, 0.2) is 5.13 Å². The summed E-state index contributed by atoms with van der Waals surface area (Å²) in [6.45, 7) is 0.670. The Bertz CT molecular complexity index is 722. The highest BCUT2D eigenvalue weighted by molar-refractivity contribution is 7.17. The number of hydrogen-bond donors (Lipinski definition) is 2. The molecule has 1 aromatic heterocycles. The lowest BCUT2D eigenvalue weighted by Gasteiger charge is -1.98. The molecule has 5 nitrogen and oxygen atoms in total. The number of benzene rings is 1. The van der Waals surface area contributed by atoms with E-state index in [9.17, 15) is 9.59 Å². The normalized spacial score (nSPS) is 14.3. The predicted molar refractivity (Wildman–Crippen MR) is 86.9 cm³/mol. The second-order valence-corrected chi connectivity index (χ2v) is 5.89. The Labute approximate surface area is 132 Å². The van der Waals surface area contributed by atoms with Gasteiger partial charge in [-0.25, -0.2) is 4.98 Å². The maximum Gasteiger partial charge on any atom is 0.263 e. The molecule has 3 rings (SSSR count). The van der Waals surface area contributed by atoms with E-state index in [1.807, 2.05) is 30.3 Å². The van der Waals surface area contributed by atoms with E-state index in [0.717, 1.165) is 24.1 Å². The molecule has 1 aliphatic heterocycles. The second-order valence-electron chi connectivity index (χ2n) is 4.89. The summed E-state index contributed by atoms with van der Waals surface area (Å²) in [4.78, 5) is 28.7. The first-order chi connectivity index (χ1) is 10.7. The van der Waals surface area contributed by atoms with E-state index in [4.69, 9.17) is 0 Å².